The van der Waals surface area contributed by atoms with Crippen molar-refractivity contribution in [2.45, 2.75) is 0 Å². The van der Waals surface area contributed by atoms with E-state index < -0.39 is 0 Å². The maximum absolute atomic E-state index is 12.2. The fourth-order valence-electron chi connectivity index (χ4n) is 1.91. The Morgan fingerprint density at radius 3 is 2.64 bits per heavy atom. The number of rotatable bonds is 4. The molecule has 110 valence electrons. The first-order valence-corrected chi connectivity index (χ1v) is 8.90. The molecule has 0 spiro atoms. The van der Waals surface area contributed by atoms with E-state index in [9.17, 15) is 4.79 Å². The predicted molar refractivity (Wildman–Crippen MR) is 97.5 cm³/mol. The predicted octanol–water partition coefficient (Wildman–Crippen LogP) is 6.68. The Bertz CT molecular complexity index is 832. The van der Waals surface area contributed by atoms with Gasteiger partial charge in [-0.1, -0.05) is 35.3 Å². The summed E-state index contributed by atoms with van der Waals surface area (Å²) in [6.45, 7) is 0. The monoisotopic (exact) mass is 364 g/mol. The van der Waals surface area contributed by atoms with Crippen LogP contribution in [-0.4, -0.2) is 5.78 Å². The van der Waals surface area contributed by atoms with Gasteiger partial charge in [-0.2, -0.15) is 0 Å². The minimum atomic E-state index is -0.0289. The van der Waals surface area contributed by atoms with E-state index >= 15 is 0 Å². The number of hydrogen-bond donors (Lipinski definition) is 0. The molecule has 2 heterocycles. The van der Waals surface area contributed by atoms with Crippen LogP contribution in [0.15, 0.2) is 53.9 Å². The van der Waals surface area contributed by atoms with Gasteiger partial charge in [-0.15, -0.1) is 22.7 Å². The molecule has 3 rings (SSSR count). The van der Waals surface area contributed by atoms with Crippen molar-refractivity contribution in [2.24, 2.45) is 0 Å². The summed E-state index contributed by atoms with van der Waals surface area (Å²) < 4.78 is 0. The molecule has 0 saturated carbocycles. The molecule has 0 aliphatic carbocycles. The van der Waals surface area contributed by atoms with Crippen LogP contribution in [0.1, 0.15) is 15.2 Å². The molecule has 0 fully saturated rings. The maximum atomic E-state index is 12.2. The summed E-state index contributed by atoms with van der Waals surface area (Å²) in [6, 6.07) is 13.1. The highest BCUT2D eigenvalue weighted by Crippen LogP contribution is 2.32. The smallest absolute Gasteiger partial charge is 0.195 e. The van der Waals surface area contributed by atoms with Gasteiger partial charge >= 0.3 is 0 Å². The van der Waals surface area contributed by atoms with E-state index in [-0.39, 0.29) is 5.78 Å². The lowest BCUT2D eigenvalue weighted by atomic mass is 10.2. The van der Waals surface area contributed by atoms with Gasteiger partial charge in [0.25, 0.3) is 0 Å². The van der Waals surface area contributed by atoms with Gasteiger partial charge in [-0.3, -0.25) is 4.79 Å². The van der Waals surface area contributed by atoms with Crippen molar-refractivity contribution in [3.05, 3.63) is 74.4 Å². The summed E-state index contributed by atoms with van der Waals surface area (Å²) in [5, 5.41) is 3.13. The average molecular weight is 365 g/mol. The Balaban J connectivity index is 1.78. The Hall–Kier alpha value is -1.39. The molecule has 22 heavy (non-hydrogen) atoms. The van der Waals surface area contributed by atoms with Crippen LogP contribution < -0.4 is 0 Å². The summed E-state index contributed by atoms with van der Waals surface area (Å²) in [5.74, 6) is -0.0289. The second-order valence-corrected chi connectivity index (χ2v) is 7.38. The Morgan fingerprint density at radius 2 is 1.91 bits per heavy atom. The zero-order valence-corrected chi connectivity index (χ0v) is 14.4. The highest BCUT2D eigenvalue weighted by atomic mass is 35.5. The first kappa shape index (κ1) is 15.5. The van der Waals surface area contributed by atoms with Crippen molar-refractivity contribution in [1.29, 1.82) is 0 Å². The van der Waals surface area contributed by atoms with Crippen LogP contribution >= 0.6 is 45.9 Å². The molecule has 0 bridgehead atoms. The van der Waals surface area contributed by atoms with Gasteiger partial charge in [-0.05, 0) is 53.4 Å². The number of benzene rings is 1. The van der Waals surface area contributed by atoms with Gasteiger partial charge < -0.3 is 0 Å². The third kappa shape index (κ3) is 3.50. The molecule has 2 aromatic heterocycles. The van der Waals surface area contributed by atoms with Crippen LogP contribution in [0.4, 0.5) is 0 Å². The van der Waals surface area contributed by atoms with Crippen molar-refractivity contribution >= 4 is 57.7 Å². The molecule has 1 aromatic carbocycles. The summed E-state index contributed by atoms with van der Waals surface area (Å²) in [7, 11) is 0. The number of ketones is 1. The van der Waals surface area contributed by atoms with Crippen LogP contribution in [0.3, 0.4) is 0 Å². The second kappa shape index (κ2) is 6.80. The maximum Gasteiger partial charge on any atom is 0.195 e. The van der Waals surface area contributed by atoms with Gasteiger partial charge in [0.1, 0.15) is 0 Å². The van der Waals surface area contributed by atoms with E-state index in [1.54, 1.807) is 41.7 Å². The highest BCUT2D eigenvalue weighted by Gasteiger charge is 2.08. The van der Waals surface area contributed by atoms with Crippen LogP contribution in [0.25, 0.3) is 15.8 Å². The second-order valence-electron chi connectivity index (χ2n) is 4.50. The van der Waals surface area contributed by atoms with Crippen LogP contribution in [-0.2, 0) is 0 Å². The third-order valence-electron chi connectivity index (χ3n) is 2.99. The Morgan fingerprint density at radius 1 is 1.05 bits per heavy atom. The molecule has 0 atom stereocenters. The molecular formula is C17H10Cl2OS2. The van der Waals surface area contributed by atoms with Gasteiger partial charge in [0.15, 0.2) is 5.78 Å². The van der Waals surface area contributed by atoms with E-state index in [0.29, 0.717) is 14.9 Å². The SMILES string of the molecule is O=C(C=Cc1ccc(Cl)cc1Cl)c1ccc(-c2cccs2)s1. The summed E-state index contributed by atoms with van der Waals surface area (Å²) in [6.07, 6.45) is 3.25. The Kier molecular flexibility index (Phi) is 4.79. The molecule has 0 radical (unpaired) electrons. The lowest BCUT2D eigenvalue weighted by Gasteiger charge is -1.98. The first-order valence-electron chi connectivity index (χ1n) is 6.44. The van der Waals surface area contributed by atoms with Crippen LogP contribution in [0.5, 0.6) is 0 Å². The minimum absolute atomic E-state index is 0.0289. The Labute approximate surface area is 146 Å². The standard InChI is InChI=1S/C17H10Cl2OS2/c18-12-5-3-11(13(19)10-12)4-6-14(20)15-7-8-17(22-15)16-2-1-9-21-16/h1-10H. The normalized spacial score (nSPS) is 11.2. The van der Waals surface area contributed by atoms with Gasteiger partial charge in [0.05, 0.1) is 4.88 Å². The van der Waals surface area contributed by atoms with Gasteiger partial charge in [-0.25, -0.2) is 0 Å². The zero-order chi connectivity index (χ0) is 15.5. The number of carbonyl (C=O) groups is 1. The minimum Gasteiger partial charge on any atom is -0.288 e. The van der Waals surface area contributed by atoms with E-state index in [0.717, 1.165) is 10.4 Å². The fraction of sp³-hybridized carbons (Fsp3) is 0. The number of halogens is 2. The molecule has 0 aliphatic rings. The van der Waals surface area contributed by atoms with Gasteiger partial charge in [0.2, 0.25) is 0 Å². The number of thiophene rings is 2. The van der Waals surface area contributed by atoms with E-state index in [1.807, 2.05) is 29.6 Å². The molecule has 0 aliphatic heterocycles. The molecule has 5 heteroatoms. The molecule has 3 aromatic rings. The zero-order valence-electron chi connectivity index (χ0n) is 11.3. The van der Waals surface area contributed by atoms with E-state index in [1.165, 1.54) is 16.2 Å². The summed E-state index contributed by atoms with van der Waals surface area (Å²) in [5.41, 5.74) is 0.773. The molecule has 0 unspecified atom stereocenters. The summed E-state index contributed by atoms with van der Waals surface area (Å²) >= 11 is 15.1. The van der Waals surface area contributed by atoms with Crippen molar-refractivity contribution in [3.63, 3.8) is 0 Å². The average Bonchev–Trinajstić information content (AvgIpc) is 3.17. The molecule has 0 saturated heterocycles. The van der Waals surface area contributed by atoms with Crippen molar-refractivity contribution in [2.75, 3.05) is 0 Å². The third-order valence-corrected chi connectivity index (χ3v) is 5.72. The highest BCUT2D eigenvalue weighted by molar-refractivity contribution is 7.22. The number of carbonyl (C=O) groups excluding carboxylic acids is 1. The van der Waals surface area contributed by atoms with Crippen molar-refractivity contribution in [1.82, 2.24) is 0 Å². The molecule has 0 N–H and O–H groups in total. The van der Waals surface area contributed by atoms with Crippen LogP contribution in [0.2, 0.25) is 10.0 Å². The van der Waals surface area contributed by atoms with Crippen molar-refractivity contribution in [3.8, 4) is 9.75 Å². The lowest BCUT2D eigenvalue weighted by Crippen LogP contribution is -1.88. The largest absolute Gasteiger partial charge is 0.288 e. The van der Waals surface area contributed by atoms with Crippen molar-refractivity contribution < 1.29 is 4.79 Å². The van der Waals surface area contributed by atoms with Gasteiger partial charge in [0, 0.05) is 19.8 Å². The van der Waals surface area contributed by atoms with E-state index in [2.05, 4.69) is 0 Å². The number of allylic oxidation sites excluding steroid dienone is 1. The molecular weight excluding hydrogens is 355 g/mol. The lowest BCUT2D eigenvalue weighted by molar-refractivity contribution is 0.105. The topological polar surface area (TPSA) is 17.1 Å². The molecule has 0 amide bonds. The van der Waals surface area contributed by atoms with Crippen LogP contribution in [0, 0.1) is 0 Å². The summed E-state index contributed by atoms with van der Waals surface area (Å²) in [4.78, 5) is 15.2. The quantitative estimate of drug-likeness (QED) is 0.372. The number of hydrogen-bond acceptors (Lipinski definition) is 3. The molecule has 1 nitrogen and oxygen atoms in total. The van der Waals surface area contributed by atoms with E-state index in [4.69, 9.17) is 23.2 Å². The fourth-order valence-corrected chi connectivity index (χ4v) is 4.14. The first-order chi connectivity index (χ1) is 10.6.